The lowest BCUT2D eigenvalue weighted by atomic mass is 10.3. The molecule has 0 radical (unpaired) electrons. The Balaban J connectivity index is 0.00000288. The molecule has 0 saturated carbocycles. The highest BCUT2D eigenvalue weighted by Gasteiger charge is 2.05. The summed E-state index contributed by atoms with van der Waals surface area (Å²) in [6.07, 6.45) is 4.43. The monoisotopic (exact) mass is 445 g/mol. The van der Waals surface area contributed by atoms with Crippen molar-refractivity contribution >= 4 is 35.6 Å². The number of aromatic nitrogens is 3. The molecule has 0 atom stereocenters. The zero-order valence-corrected chi connectivity index (χ0v) is 17.0. The van der Waals surface area contributed by atoms with E-state index in [0.29, 0.717) is 6.54 Å². The van der Waals surface area contributed by atoms with Crippen LogP contribution in [0.15, 0.2) is 29.4 Å². The van der Waals surface area contributed by atoms with Gasteiger partial charge in [0.25, 0.3) is 0 Å². The molecule has 0 aliphatic rings. The number of hydrogen-bond donors (Lipinski definition) is 2. The molecule has 2 aromatic rings. The summed E-state index contributed by atoms with van der Waals surface area (Å²) in [4.78, 5) is 6.57. The van der Waals surface area contributed by atoms with Crippen LogP contribution in [-0.2, 0) is 6.54 Å². The van der Waals surface area contributed by atoms with Gasteiger partial charge in [-0.15, -0.1) is 34.2 Å². The van der Waals surface area contributed by atoms with Gasteiger partial charge in [0.2, 0.25) is 0 Å². The Morgan fingerprint density at radius 2 is 2.08 bits per heavy atom. The minimum atomic E-state index is 0. The van der Waals surface area contributed by atoms with Gasteiger partial charge in [0.05, 0.1) is 6.54 Å². The SMILES string of the molecule is CCCCN(C)CCNC(=NC)NCc1nnc2ccccn12.I. The summed E-state index contributed by atoms with van der Waals surface area (Å²) in [5.41, 5.74) is 0.852. The molecule has 0 saturated heterocycles. The molecule has 0 amide bonds. The maximum atomic E-state index is 4.25. The van der Waals surface area contributed by atoms with Crippen molar-refractivity contribution in [2.45, 2.75) is 26.3 Å². The van der Waals surface area contributed by atoms with Gasteiger partial charge in [-0.1, -0.05) is 19.4 Å². The molecule has 0 aliphatic carbocycles. The number of guanidine groups is 1. The quantitative estimate of drug-likeness (QED) is 0.368. The van der Waals surface area contributed by atoms with E-state index in [-0.39, 0.29) is 24.0 Å². The number of pyridine rings is 1. The van der Waals surface area contributed by atoms with Crippen molar-refractivity contribution in [1.29, 1.82) is 0 Å². The van der Waals surface area contributed by atoms with Crippen LogP contribution in [0.1, 0.15) is 25.6 Å². The predicted octanol–water partition coefficient (Wildman–Crippen LogP) is 1.74. The van der Waals surface area contributed by atoms with Gasteiger partial charge in [0.1, 0.15) is 0 Å². The Hall–Kier alpha value is -1.42. The number of unbranched alkanes of at least 4 members (excludes halogenated alkanes) is 1. The molecule has 0 spiro atoms. The molecule has 134 valence electrons. The average Bonchev–Trinajstić information content (AvgIpc) is 2.99. The molecule has 0 bridgehead atoms. The third-order valence-electron chi connectivity index (χ3n) is 3.70. The molecular weight excluding hydrogens is 417 g/mol. The van der Waals surface area contributed by atoms with E-state index in [9.17, 15) is 0 Å². The number of rotatable bonds is 8. The second kappa shape index (κ2) is 11.2. The van der Waals surface area contributed by atoms with Crippen molar-refractivity contribution in [3.05, 3.63) is 30.2 Å². The van der Waals surface area contributed by atoms with E-state index in [0.717, 1.165) is 37.1 Å². The number of nitrogens with one attached hydrogen (secondary N) is 2. The van der Waals surface area contributed by atoms with Gasteiger partial charge < -0.3 is 15.5 Å². The largest absolute Gasteiger partial charge is 0.355 e. The number of hydrogen-bond acceptors (Lipinski definition) is 4. The normalized spacial score (nSPS) is 11.6. The molecule has 2 aromatic heterocycles. The predicted molar refractivity (Wildman–Crippen MR) is 109 cm³/mol. The lowest BCUT2D eigenvalue weighted by Crippen LogP contribution is -2.41. The van der Waals surface area contributed by atoms with E-state index in [1.165, 1.54) is 12.8 Å². The zero-order valence-electron chi connectivity index (χ0n) is 14.7. The van der Waals surface area contributed by atoms with Crippen LogP contribution in [0.3, 0.4) is 0 Å². The highest BCUT2D eigenvalue weighted by Crippen LogP contribution is 2.02. The van der Waals surface area contributed by atoms with Crippen molar-refractivity contribution in [1.82, 2.24) is 30.1 Å². The number of aliphatic imine (C=N–C) groups is 1. The second-order valence-electron chi connectivity index (χ2n) is 5.55. The highest BCUT2D eigenvalue weighted by atomic mass is 127. The highest BCUT2D eigenvalue weighted by molar-refractivity contribution is 14.0. The van der Waals surface area contributed by atoms with Crippen molar-refractivity contribution in [2.24, 2.45) is 4.99 Å². The minimum Gasteiger partial charge on any atom is -0.355 e. The van der Waals surface area contributed by atoms with Crippen LogP contribution in [-0.4, -0.2) is 59.2 Å². The molecule has 2 rings (SSSR count). The van der Waals surface area contributed by atoms with Gasteiger partial charge in [-0.3, -0.25) is 9.39 Å². The third-order valence-corrected chi connectivity index (χ3v) is 3.70. The van der Waals surface area contributed by atoms with Gasteiger partial charge in [0, 0.05) is 26.3 Å². The summed E-state index contributed by atoms with van der Waals surface area (Å²) in [5, 5.41) is 15.0. The average molecular weight is 445 g/mol. The van der Waals surface area contributed by atoms with E-state index in [2.05, 4.69) is 44.7 Å². The maximum absolute atomic E-state index is 4.25. The Morgan fingerprint density at radius 3 is 2.83 bits per heavy atom. The first kappa shape index (κ1) is 20.6. The van der Waals surface area contributed by atoms with Gasteiger partial charge in [0.15, 0.2) is 17.4 Å². The maximum Gasteiger partial charge on any atom is 0.191 e. The first-order valence-electron chi connectivity index (χ1n) is 8.16. The summed E-state index contributed by atoms with van der Waals surface area (Å²) in [6, 6.07) is 5.87. The molecular formula is C16H28IN7. The minimum absolute atomic E-state index is 0. The van der Waals surface area contributed by atoms with Crippen LogP contribution in [0.4, 0.5) is 0 Å². The van der Waals surface area contributed by atoms with Gasteiger partial charge in [-0.05, 0) is 32.1 Å². The van der Waals surface area contributed by atoms with Crippen LogP contribution in [0.2, 0.25) is 0 Å². The third kappa shape index (κ3) is 6.23. The molecule has 0 aromatic carbocycles. The second-order valence-corrected chi connectivity index (χ2v) is 5.55. The fourth-order valence-electron chi connectivity index (χ4n) is 2.30. The summed E-state index contributed by atoms with van der Waals surface area (Å²) in [5.74, 6) is 1.64. The van der Waals surface area contributed by atoms with Crippen molar-refractivity contribution in [3.8, 4) is 0 Å². The van der Waals surface area contributed by atoms with Crippen LogP contribution in [0.5, 0.6) is 0 Å². The smallest absolute Gasteiger partial charge is 0.191 e. The van der Waals surface area contributed by atoms with Crippen molar-refractivity contribution in [2.75, 3.05) is 33.7 Å². The molecule has 7 nitrogen and oxygen atoms in total. The Kier molecular flexibility index (Phi) is 9.62. The van der Waals surface area contributed by atoms with Gasteiger partial charge in [-0.2, -0.15) is 0 Å². The summed E-state index contributed by atoms with van der Waals surface area (Å²) in [7, 11) is 3.92. The molecule has 2 heterocycles. The fraction of sp³-hybridized carbons (Fsp3) is 0.562. The number of likely N-dealkylation sites (N-methyl/N-ethyl adjacent to an activating group) is 1. The van der Waals surface area contributed by atoms with Crippen LogP contribution in [0.25, 0.3) is 5.65 Å². The van der Waals surface area contributed by atoms with Crippen LogP contribution >= 0.6 is 24.0 Å². The Bertz CT molecular complexity index is 626. The number of fused-ring (bicyclic) bond motifs is 1. The number of nitrogens with zero attached hydrogens (tertiary/aromatic N) is 5. The lowest BCUT2D eigenvalue weighted by Gasteiger charge is -2.17. The van der Waals surface area contributed by atoms with E-state index < -0.39 is 0 Å². The lowest BCUT2D eigenvalue weighted by molar-refractivity contribution is 0.332. The van der Waals surface area contributed by atoms with Crippen molar-refractivity contribution in [3.63, 3.8) is 0 Å². The fourth-order valence-corrected chi connectivity index (χ4v) is 2.30. The molecule has 2 N–H and O–H groups in total. The van der Waals surface area contributed by atoms with Crippen molar-refractivity contribution < 1.29 is 0 Å². The summed E-state index contributed by atoms with van der Waals surface area (Å²) in [6.45, 7) is 5.79. The van der Waals surface area contributed by atoms with E-state index in [1.54, 1.807) is 7.05 Å². The van der Waals surface area contributed by atoms with Gasteiger partial charge in [-0.25, -0.2) is 0 Å². The molecule has 0 aliphatic heterocycles. The Labute approximate surface area is 161 Å². The first-order valence-corrected chi connectivity index (χ1v) is 8.16. The molecule has 0 fully saturated rings. The van der Waals surface area contributed by atoms with E-state index in [4.69, 9.17) is 0 Å². The van der Waals surface area contributed by atoms with E-state index in [1.807, 2.05) is 28.8 Å². The summed E-state index contributed by atoms with van der Waals surface area (Å²) < 4.78 is 1.97. The van der Waals surface area contributed by atoms with Gasteiger partial charge >= 0.3 is 0 Å². The van der Waals surface area contributed by atoms with Crippen LogP contribution in [0, 0.1) is 0 Å². The molecule has 0 unspecified atom stereocenters. The van der Waals surface area contributed by atoms with E-state index >= 15 is 0 Å². The first-order chi connectivity index (χ1) is 11.2. The Morgan fingerprint density at radius 1 is 1.25 bits per heavy atom. The topological polar surface area (TPSA) is 69.8 Å². The standard InChI is InChI=1S/C16H27N7.HI/c1-4-5-10-22(3)12-9-18-16(17-2)19-13-15-21-20-14-8-6-7-11-23(14)15;/h6-8,11H,4-5,9-10,12-13H2,1-3H3,(H2,17,18,19);1H. The van der Waals surface area contributed by atoms with Crippen LogP contribution < -0.4 is 10.6 Å². The molecule has 8 heteroatoms. The zero-order chi connectivity index (χ0) is 16.5. The summed E-state index contributed by atoms with van der Waals surface area (Å²) >= 11 is 0. The number of halogens is 1. The molecule has 24 heavy (non-hydrogen) atoms.